The number of likely N-dealkylation sites (tertiary alicyclic amines) is 1. The number of piperidine rings is 1. The third-order valence-electron chi connectivity index (χ3n) is 6.98. The smallest absolute Gasteiger partial charge is 0.257 e. The van der Waals surface area contributed by atoms with Crippen LogP contribution in [0.1, 0.15) is 39.4 Å². The van der Waals surface area contributed by atoms with Crippen LogP contribution in [0.3, 0.4) is 0 Å². The minimum atomic E-state index is -0.939. The topological polar surface area (TPSA) is 92.1 Å². The molecule has 9 heteroatoms. The fourth-order valence-electron chi connectivity index (χ4n) is 4.99. The summed E-state index contributed by atoms with van der Waals surface area (Å²) in [6.45, 7) is 3.14. The van der Waals surface area contributed by atoms with Crippen LogP contribution in [0.5, 0.6) is 0 Å². The van der Waals surface area contributed by atoms with Crippen molar-refractivity contribution < 1.29 is 23.5 Å². The van der Waals surface area contributed by atoms with Crippen molar-refractivity contribution in [2.75, 3.05) is 19.7 Å². The molecule has 0 unspecified atom stereocenters. The lowest BCUT2D eigenvalue weighted by molar-refractivity contribution is -0.143. The monoisotopic (exact) mass is 507 g/mol. The number of aryl methyl sites for hydroxylation is 1. The average Bonchev–Trinajstić information content (AvgIpc) is 3.65. The molecule has 188 valence electrons. The zero-order valence-corrected chi connectivity index (χ0v) is 21.0. The van der Waals surface area contributed by atoms with E-state index >= 15 is 0 Å². The first-order valence-corrected chi connectivity index (χ1v) is 13.0. The van der Waals surface area contributed by atoms with Crippen LogP contribution < -0.4 is 5.32 Å². The molecule has 3 aromatic rings. The Hall–Kier alpha value is -3.43. The van der Waals surface area contributed by atoms with Gasteiger partial charge in [0.05, 0.1) is 25.8 Å². The summed E-state index contributed by atoms with van der Waals surface area (Å²) in [5.41, 5.74) is 0.441. The van der Waals surface area contributed by atoms with Crippen molar-refractivity contribution in [3.8, 4) is 0 Å². The zero-order chi connectivity index (χ0) is 25.1. The fraction of sp³-hybridized carbons (Fsp3) is 0.370. The number of amides is 3. The molecule has 3 amide bonds. The Morgan fingerprint density at radius 2 is 1.89 bits per heavy atom. The van der Waals surface area contributed by atoms with E-state index in [1.54, 1.807) is 40.7 Å². The summed E-state index contributed by atoms with van der Waals surface area (Å²) >= 11 is 1.57. The number of hydrogen-bond acceptors (Lipinski definition) is 6. The molecule has 1 spiro atoms. The highest BCUT2D eigenvalue weighted by Gasteiger charge is 2.54. The maximum Gasteiger partial charge on any atom is 0.257 e. The van der Waals surface area contributed by atoms with E-state index in [-0.39, 0.29) is 30.9 Å². The Kier molecular flexibility index (Phi) is 6.93. The summed E-state index contributed by atoms with van der Waals surface area (Å²) in [7, 11) is 0. The number of hydrogen-bond donors (Lipinski definition) is 1. The third kappa shape index (κ3) is 4.81. The van der Waals surface area contributed by atoms with E-state index in [2.05, 4.69) is 5.32 Å². The van der Waals surface area contributed by atoms with Gasteiger partial charge < -0.3 is 19.4 Å². The summed E-state index contributed by atoms with van der Waals surface area (Å²) in [5.74, 6) is 0.171. The maximum atomic E-state index is 13.9. The molecule has 0 saturated carbocycles. The number of benzene rings is 1. The highest BCUT2D eigenvalue weighted by atomic mass is 32.1. The number of rotatable bonds is 6. The minimum Gasteiger partial charge on any atom is -0.467 e. The molecule has 0 aliphatic carbocycles. The Bertz CT molecular complexity index is 1220. The maximum absolute atomic E-state index is 13.9. The van der Waals surface area contributed by atoms with Gasteiger partial charge in [0.15, 0.2) is 0 Å². The number of furan rings is 1. The van der Waals surface area contributed by atoms with E-state index in [1.165, 1.54) is 0 Å². The highest BCUT2D eigenvalue weighted by Crippen LogP contribution is 2.39. The predicted molar refractivity (Wildman–Crippen MR) is 134 cm³/mol. The first-order chi connectivity index (χ1) is 17.5. The Balaban J connectivity index is 1.35. The van der Waals surface area contributed by atoms with Gasteiger partial charge in [-0.2, -0.15) is 0 Å². The van der Waals surface area contributed by atoms with E-state index in [1.807, 2.05) is 47.5 Å². The van der Waals surface area contributed by atoms with Gasteiger partial charge in [-0.1, -0.05) is 24.3 Å². The summed E-state index contributed by atoms with van der Waals surface area (Å²) in [6.07, 6.45) is 2.82. The first-order valence-electron chi connectivity index (χ1n) is 12.1. The highest BCUT2D eigenvalue weighted by molar-refractivity contribution is 7.10. The molecular weight excluding hydrogens is 478 g/mol. The molecule has 4 heterocycles. The zero-order valence-electron chi connectivity index (χ0n) is 20.1. The van der Waals surface area contributed by atoms with Crippen LogP contribution in [-0.4, -0.2) is 59.0 Å². The van der Waals surface area contributed by atoms with Crippen molar-refractivity contribution >= 4 is 29.1 Å². The van der Waals surface area contributed by atoms with Crippen LogP contribution in [0, 0.1) is 6.92 Å². The number of nitrogens with one attached hydrogen (secondary N) is 1. The van der Waals surface area contributed by atoms with E-state index < -0.39 is 11.8 Å². The van der Waals surface area contributed by atoms with Crippen LogP contribution in [-0.2, 0) is 27.3 Å². The first kappa shape index (κ1) is 24.3. The molecule has 5 rings (SSSR count). The standard InChI is InChI=1S/C27H29N3O5S/c1-19-6-2-3-9-22(19)26(33)30-23(25(32)28-17-20-7-4-14-34-20)18-35-27(30)10-12-29(13-11-27)24(31)16-21-8-5-15-36-21/h2-9,14-15,23H,10-13,16-18H2,1H3,(H,28,32)/t23-/m0/s1. The second kappa shape index (κ2) is 10.3. The van der Waals surface area contributed by atoms with Gasteiger partial charge in [-0.25, -0.2) is 0 Å². The molecule has 2 aliphatic rings. The molecule has 2 aromatic heterocycles. The summed E-state index contributed by atoms with van der Waals surface area (Å²) in [4.78, 5) is 44.5. The molecule has 0 bridgehead atoms. The van der Waals surface area contributed by atoms with Gasteiger partial charge >= 0.3 is 0 Å². The predicted octanol–water partition coefficient (Wildman–Crippen LogP) is 3.37. The molecular formula is C27H29N3O5S. The van der Waals surface area contributed by atoms with Crippen molar-refractivity contribution in [2.24, 2.45) is 0 Å². The fourth-order valence-corrected chi connectivity index (χ4v) is 5.69. The average molecular weight is 508 g/mol. The normalized spacial score (nSPS) is 19.0. The quantitative estimate of drug-likeness (QED) is 0.552. The molecule has 0 radical (unpaired) electrons. The molecule has 2 aliphatic heterocycles. The summed E-state index contributed by atoms with van der Waals surface area (Å²) < 4.78 is 11.6. The van der Waals surface area contributed by atoms with E-state index in [0.29, 0.717) is 43.7 Å². The van der Waals surface area contributed by atoms with Crippen molar-refractivity contribution in [1.29, 1.82) is 0 Å². The second-order valence-electron chi connectivity index (χ2n) is 9.20. The van der Waals surface area contributed by atoms with E-state index in [0.717, 1.165) is 10.4 Å². The lowest BCUT2D eigenvalue weighted by Gasteiger charge is -2.44. The number of ether oxygens (including phenoxy) is 1. The largest absolute Gasteiger partial charge is 0.467 e. The van der Waals surface area contributed by atoms with Crippen LogP contribution in [0.15, 0.2) is 64.6 Å². The van der Waals surface area contributed by atoms with E-state index in [4.69, 9.17) is 9.15 Å². The molecule has 1 N–H and O–H groups in total. The SMILES string of the molecule is Cc1ccccc1C(=O)N1[C@H](C(=O)NCc2ccco2)COC12CCN(C(=O)Cc1cccs1)CC2. The van der Waals surface area contributed by atoms with Gasteiger partial charge in [-0.05, 0) is 42.1 Å². The van der Waals surface area contributed by atoms with Gasteiger partial charge in [0.25, 0.3) is 5.91 Å². The Morgan fingerprint density at radius 1 is 1.08 bits per heavy atom. The molecule has 2 fully saturated rings. The molecule has 1 aromatic carbocycles. The summed E-state index contributed by atoms with van der Waals surface area (Å²) in [5, 5.41) is 4.85. The van der Waals surface area contributed by atoms with Gasteiger partial charge in [0.2, 0.25) is 11.8 Å². The van der Waals surface area contributed by atoms with Crippen LogP contribution in [0.25, 0.3) is 0 Å². The number of thiophene rings is 1. The molecule has 8 nitrogen and oxygen atoms in total. The second-order valence-corrected chi connectivity index (χ2v) is 10.2. The van der Waals surface area contributed by atoms with Crippen molar-refractivity contribution in [3.05, 3.63) is 81.9 Å². The van der Waals surface area contributed by atoms with Crippen molar-refractivity contribution in [2.45, 2.75) is 44.5 Å². The third-order valence-corrected chi connectivity index (χ3v) is 7.85. The number of carbonyl (C=O) groups excluding carboxylic acids is 3. The van der Waals surface area contributed by atoms with Crippen molar-refractivity contribution in [1.82, 2.24) is 15.1 Å². The van der Waals surface area contributed by atoms with Crippen LogP contribution in [0.2, 0.25) is 0 Å². The lowest BCUT2D eigenvalue weighted by Crippen LogP contribution is -2.60. The van der Waals surface area contributed by atoms with Gasteiger partial charge in [-0.15, -0.1) is 11.3 Å². The van der Waals surface area contributed by atoms with Gasteiger partial charge in [-0.3, -0.25) is 19.3 Å². The Labute approximate surface area is 213 Å². The molecule has 2 saturated heterocycles. The van der Waals surface area contributed by atoms with Crippen LogP contribution >= 0.6 is 11.3 Å². The Morgan fingerprint density at radius 3 is 2.58 bits per heavy atom. The molecule has 36 heavy (non-hydrogen) atoms. The van der Waals surface area contributed by atoms with Crippen LogP contribution in [0.4, 0.5) is 0 Å². The summed E-state index contributed by atoms with van der Waals surface area (Å²) in [6, 6.07) is 14.0. The number of nitrogens with zero attached hydrogens (tertiary/aromatic N) is 2. The van der Waals surface area contributed by atoms with Gasteiger partial charge in [0.1, 0.15) is 17.5 Å². The van der Waals surface area contributed by atoms with Crippen molar-refractivity contribution in [3.63, 3.8) is 0 Å². The lowest BCUT2D eigenvalue weighted by atomic mass is 9.95. The number of carbonyl (C=O) groups is 3. The molecule has 1 atom stereocenters. The minimum absolute atomic E-state index is 0.0646. The van der Waals surface area contributed by atoms with E-state index in [9.17, 15) is 14.4 Å². The van der Waals surface area contributed by atoms with Gasteiger partial charge in [0, 0.05) is 36.4 Å².